The molecule has 1 heterocycles. The van der Waals surface area contributed by atoms with Crippen LogP contribution < -0.4 is 11.0 Å². The number of phenolic OH excluding ortho intramolecular Hbond substituents is 1. The second-order valence-corrected chi connectivity index (χ2v) is 12.4. The summed E-state index contributed by atoms with van der Waals surface area (Å²) in [6, 6.07) is 20.2. The maximum Gasteiger partial charge on any atom is 0.266 e. The van der Waals surface area contributed by atoms with E-state index < -0.39 is 0 Å². The average molecular weight is 543 g/mol. The van der Waals surface area contributed by atoms with Gasteiger partial charge >= 0.3 is 0 Å². The van der Waals surface area contributed by atoms with Crippen molar-refractivity contribution in [2.75, 3.05) is 5.75 Å². The number of hydrogen-bond acceptors (Lipinski definition) is 6. The van der Waals surface area contributed by atoms with E-state index >= 15 is 0 Å². The normalized spacial score (nSPS) is 12.3. The van der Waals surface area contributed by atoms with E-state index in [1.165, 1.54) is 16.3 Å². The first-order valence-corrected chi connectivity index (χ1v) is 13.7. The smallest absolute Gasteiger partial charge is 0.266 e. The molecule has 3 aromatic carbocycles. The third kappa shape index (κ3) is 6.40. The van der Waals surface area contributed by atoms with E-state index in [9.17, 15) is 14.7 Å². The molecule has 202 valence electrons. The van der Waals surface area contributed by atoms with Gasteiger partial charge in [-0.2, -0.15) is 5.10 Å². The molecule has 0 aliphatic carbocycles. The Morgan fingerprint density at radius 1 is 0.974 bits per heavy atom. The molecule has 0 saturated carbocycles. The number of amides is 1. The zero-order valence-electron chi connectivity index (χ0n) is 23.1. The van der Waals surface area contributed by atoms with E-state index in [0.717, 1.165) is 16.7 Å². The maximum atomic E-state index is 13.3. The van der Waals surface area contributed by atoms with Crippen molar-refractivity contribution in [2.24, 2.45) is 5.10 Å². The van der Waals surface area contributed by atoms with Crippen molar-refractivity contribution < 1.29 is 9.90 Å². The van der Waals surface area contributed by atoms with Gasteiger partial charge in [0.2, 0.25) is 0 Å². The first kappa shape index (κ1) is 28.1. The molecule has 0 radical (unpaired) electrons. The number of hydrogen-bond donors (Lipinski definition) is 2. The van der Waals surface area contributed by atoms with Crippen LogP contribution in [0, 0.1) is 0 Å². The van der Waals surface area contributed by atoms with Gasteiger partial charge in [0, 0.05) is 11.1 Å². The molecule has 0 bridgehead atoms. The Balaban J connectivity index is 1.55. The standard InChI is InChI=1S/C31H34N4O3S/c1-30(2,3)23-16-20(17-24(27(23)37)31(4,5)6)18-32-34-26(36)19-39-29-33-25-15-11-10-14-22(25)28(38)35(29)21-12-8-7-9-13-21/h7-18,37H,19H2,1-6H3,(H,34,36). The number of carbonyl (C=O) groups excluding carboxylic acids is 1. The predicted molar refractivity (Wildman–Crippen MR) is 159 cm³/mol. The molecule has 2 N–H and O–H groups in total. The number of benzene rings is 3. The highest BCUT2D eigenvalue weighted by Crippen LogP contribution is 2.39. The second-order valence-electron chi connectivity index (χ2n) is 11.4. The van der Waals surface area contributed by atoms with Crippen LogP contribution in [0.5, 0.6) is 5.75 Å². The molecule has 0 fully saturated rings. The third-order valence-electron chi connectivity index (χ3n) is 6.24. The van der Waals surface area contributed by atoms with Crippen LogP contribution in [-0.4, -0.2) is 32.5 Å². The highest BCUT2D eigenvalue weighted by molar-refractivity contribution is 7.99. The summed E-state index contributed by atoms with van der Waals surface area (Å²) in [5, 5.41) is 16.0. The second kappa shape index (κ2) is 11.1. The van der Waals surface area contributed by atoms with Gasteiger partial charge in [0.05, 0.1) is 28.6 Å². The van der Waals surface area contributed by atoms with E-state index in [4.69, 9.17) is 0 Å². The minimum atomic E-state index is -0.330. The first-order chi connectivity index (χ1) is 18.4. The highest BCUT2D eigenvalue weighted by Gasteiger charge is 2.26. The quantitative estimate of drug-likeness (QED) is 0.136. The number of para-hydroxylation sites is 2. The van der Waals surface area contributed by atoms with Crippen molar-refractivity contribution in [3.8, 4) is 11.4 Å². The third-order valence-corrected chi connectivity index (χ3v) is 7.18. The average Bonchev–Trinajstić information content (AvgIpc) is 2.87. The fourth-order valence-corrected chi connectivity index (χ4v) is 5.03. The van der Waals surface area contributed by atoms with E-state index in [-0.39, 0.29) is 28.0 Å². The van der Waals surface area contributed by atoms with Gasteiger partial charge in [-0.25, -0.2) is 10.4 Å². The van der Waals surface area contributed by atoms with E-state index in [0.29, 0.717) is 27.5 Å². The number of aromatic hydroxyl groups is 1. The maximum absolute atomic E-state index is 13.3. The van der Waals surface area contributed by atoms with Gasteiger partial charge in [-0.15, -0.1) is 0 Å². The van der Waals surface area contributed by atoms with Gasteiger partial charge < -0.3 is 5.11 Å². The Labute approximate surface area is 233 Å². The molecule has 8 heteroatoms. The SMILES string of the molecule is CC(C)(C)c1cc(C=NNC(=O)CSc2nc3ccccc3c(=O)n2-c2ccccc2)cc(C(C)(C)C)c1O. The van der Waals surface area contributed by atoms with Crippen LogP contribution in [0.3, 0.4) is 0 Å². The van der Waals surface area contributed by atoms with Gasteiger partial charge in [-0.1, -0.05) is 83.6 Å². The number of phenols is 1. The van der Waals surface area contributed by atoms with E-state index in [1.807, 2.05) is 96.1 Å². The van der Waals surface area contributed by atoms with Crippen molar-refractivity contribution in [3.05, 3.63) is 93.8 Å². The fraction of sp³-hybridized carbons (Fsp3) is 0.290. The molecule has 39 heavy (non-hydrogen) atoms. The minimum Gasteiger partial charge on any atom is -0.507 e. The fourth-order valence-electron chi connectivity index (χ4n) is 4.23. The van der Waals surface area contributed by atoms with Crippen LogP contribution in [0.2, 0.25) is 0 Å². The molecule has 1 amide bonds. The van der Waals surface area contributed by atoms with Crippen molar-refractivity contribution in [1.82, 2.24) is 15.0 Å². The van der Waals surface area contributed by atoms with Crippen molar-refractivity contribution in [1.29, 1.82) is 0 Å². The number of aromatic nitrogens is 2. The van der Waals surface area contributed by atoms with Crippen LogP contribution >= 0.6 is 11.8 Å². The lowest BCUT2D eigenvalue weighted by molar-refractivity contribution is -0.118. The number of hydrazone groups is 1. The number of fused-ring (bicyclic) bond motifs is 1. The lowest BCUT2D eigenvalue weighted by Crippen LogP contribution is -2.24. The Bertz CT molecular complexity index is 1560. The number of rotatable bonds is 6. The molecule has 0 unspecified atom stereocenters. The molecule has 0 aliphatic heterocycles. The van der Waals surface area contributed by atoms with E-state index in [1.54, 1.807) is 18.3 Å². The summed E-state index contributed by atoms with van der Waals surface area (Å²) in [5.74, 6) is -0.0190. The lowest BCUT2D eigenvalue weighted by Gasteiger charge is -2.27. The molecule has 4 aromatic rings. The van der Waals surface area contributed by atoms with Crippen LogP contribution in [0.15, 0.2) is 81.8 Å². The summed E-state index contributed by atoms with van der Waals surface area (Å²) < 4.78 is 1.53. The Hall–Kier alpha value is -3.91. The Kier molecular flexibility index (Phi) is 7.97. The summed E-state index contributed by atoms with van der Waals surface area (Å²) in [5.41, 5.74) is 5.52. The molecule has 0 spiro atoms. The summed E-state index contributed by atoms with van der Waals surface area (Å²) >= 11 is 1.17. The molecule has 0 saturated heterocycles. The highest BCUT2D eigenvalue weighted by atomic mass is 32.2. The van der Waals surface area contributed by atoms with Crippen molar-refractivity contribution in [3.63, 3.8) is 0 Å². The molecule has 4 rings (SSSR count). The van der Waals surface area contributed by atoms with Gasteiger partial charge in [0.25, 0.3) is 11.5 Å². The zero-order chi connectivity index (χ0) is 28.4. The lowest BCUT2D eigenvalue weighted by atomic mass is 9.78. The predicted octanol–water partition coefficient (Wildman–Crippen LogP) is 5.93. The minimum absolute atomic E-state index is 0.0189. The zero-order valence-corrected chi connectivity index (χ0v) is 24.0. The molecule has 0 aliphatic rings. The summed E-state index contributed by atoms with van der Waals surface area (Å²) in [6.45, 7) is 12.3. The summed E-state index contributed by atoms with van der Waals surface area (Å²) in [6.07, 6.45) is 1.58. The number of nitrogens with one attached hydrogen (secondary N) is 1. The largest absolute Gasteiger partial charge is 0.507 e. The summed E-state index contributed by atoms with van der Waals surface area (Å²) in [4.78, 5) is 30.7. The number of thioether (sulfide) groups is 1. The van der Waals surface area contributed by atoms with Crippen LogP contribution in [0.1, 0.15) is 58.2 Å². The van der Waals surface area contributed by atoms with Crippen LogP contribution in [0.4, 0.5) is 0 Å². The monoisotopic (exact) mass is 542 g/mol. The van der Waals surface area contributed by atoms with Crippen LogP contribution in [-0.2, 0) is 15.6 Å². The topological polar surface area (TPSA) is 96.6 Å². The van der Waals surface area contributed by atoms with Gasteiger partial charge in [0.15, 0.2) is 5.16 Å². The Morgan fingerprint density at radius 2 is 1.56 bits per heavy atom. The van der Waals surface area contributed by atoms with Crippen LogP contribution in [0.25, 0.3) is 16.6 Å². The van der Waals surface area contributed by atoms with Gasteiger partial charge in [-0.3, -0.25) is 14.2 Å². The van der Waals surface area contributed by atoms with Crippen molar-refractivity contribution >= 4 is 34.8 Å². The Morgan fingerprint density at radius 3 is 2.18 bits per heavy atom. The number of carbonyl (C=O) groups is 1. The molecule has 7 nitrogen and oxygen atoms in total. The molecular weight excluding hydrogens is 508 g/mol. The van der Waals surface area contributed by atoms with Gasteiger partial charge in [0.1, 0.15) is 5.75 Å². The summed E-state index contributed by atoms with van der Waals surface area (Å²) in [7, 11) is 0. The number of nitrogens with zero attached hydrogens (tertiary/aromatic N) is 3. The molecule has 1 aromatic heterocycles. The first-order valence-electron chi connectivity index (χ1n) is 12.8. The van der Waals surface area contributed by atoms with Gasteiger partial charge in [-0.05, 0) is 52.8 Å². The molecule has 0 atom stereocenters. The molecular formula is C31H34N4O3S. The van der Waals surface area contributed by atoms with E-state index in [2.05, 4.69) is 15.5 Å². The van der Waals surface area contributed by atoms with Crippen molar-refractivity contribution in [2.45, 2.75) is 57.5 Å².